The first kappa shape index (κ1) is 10.2. The Morgan fingerprint density at radius 3 is 2.80 bits per heavy atom. The maximum absolute atomic E-state index is 10.7. The first-order valence-electron chi connectivity index (χ1n) is 4.99. The molecule has 1 fully saturated rings. The second kappa shape index (κ2) is 3.66. The van der Waals surface area contributed by atoms with Gasteiger partial charge >= 0.3 is 5.97 Å². The summed E-state index contributed by atoms with van der Waals surface area (Å²) in [6, 6.07) is 1.62. The zero-order chi connectivity index (χ0) is 10.9. The minimum Gasteiger partial charge on any atom is -0.476 e. The molecule has 1 aromatic rings. The number of hydrogen-bond acceptors (Lipinski definition) is 3. The van der Waals surface area contributed by atoms with Gasteiger partial charge in [0, 0.05) is 24.3 Å². The normalized spacial score (nSPS) is 20.1. The number of aromatic nitrogens is 2. The number of nitrogens with zero attached hydrogens (tertiary/aromatic N) is 1. The lowest BCUT2D eigenvalue weighted by Gasteiger charge is -2.32. The van der Waals surface area contributed by atoms with Crippen molar-refractivity contribution in [2.24, 2.45) is 0 Å². The van der Waals surface area contributed by atoms with Crippen molar-refractivity contribution in [3.63, 3.8) is 0 Å². The molecule has 0 radical (unpaired) electrons. The van der Waals surface area contributed by atoms with Gasteiger partial charge in [-0.2, -0.15) is 5.10 Å². The van der Waals surface area contributed by atoms with Crippen molar-refractivity contribution in [1.29, 1.82) is 0 Å². The summed E-state index contributed by atoms with van der Waals surface area (Å²) in [5.41, 5.74) is 0.944. The zero-order valence-electron chi connectivity index (χ0n) is 8.62. The van der Waals surface area contributed by atoms with E-state index in [-0.39, 0.29) is 11.1 Å². The first-order valence-corrected chi connectivity index (χ1v) is 4.99. The highest BCUT2D eigenvalue weighted by Crippen LogP contribution is 2.33. The van der Waals surface area contributed by atoms with Crippen LogP contribution in [-0.4, -0.2) is 34.5 Å². The van der Waals surface area contributed by atoms with Crippen molar-refractivity contribution in [1.82, 2.24) is 10.2 Å². The Bertz CT molecular complexity index is 366. The minimum atomic E-state index is -0.992. The van der Waals surface area contributed by atoms with Gasteiger partial charge in [-0.05, 0) is 18.9 Å². The standard InChI is InChI=1S/C10H14N2O3/c1-10(2-4-15-5-3-10)8-6-7(9(13)14)11-12-8/h6H,2-5H2,1H3,(H,11,12)(H,13,14). The second-order valence-electron chi connectivity index (χ2n) is 4.15. The Morgan fingerprint density at radius 2 is 2.27 bits per heavy atom. The number of rotatable bonds is 2. The summed E-state index contributed by atoms with van der Waals surface area (Å²) in [4.78, 5) is 10.7. The third kappa shape index (κ3) is 1.87. The van der Waals surface area contributed by atoms with Gasteiger partial charge in [0.05, 0.1) is 0 Å². The molecule has 2 heterocycles. The van der Waals surface area contributed by atoms with Gasteiger partial charge in [0.1, 0.15) is 0 Å². The molecule has 0 amide bonds. The molecule has 1 saturated heterocycles. The monoisotopic (exact) mass is 210 g/mol. The lowest BCUT2D eigenvalue weighted by atomic mass is 9.79. The van der Waals surface area contributed by atoms with E-state index in [1.807, 2.05) is 0 Å². The summed E-state index contributed by atoms with van der Waals surface area (Å²) in [6.45, 7) is 3.55. The molecule has 5 heteroatoms. The lowest BCUT2D eigenvalue weighted by molar-refractivity contribution is 0.0550. The molecule has 1 aliphatic rings. The van der Waals surface area contributed by atoms with Crippen LogP contribution in [0.5, 0.6) is 0 Å². The Kier molecular flexibility index (Phi) is 2.48. The fourth-order valence-electron chi connectivity index (χ4n) is 1.83. The molecule has 0 atom stereocenters. The highest BCUT2D eigenvalue weighted by atomic mass is 16.5. The molecule has 82 valence electrons. The molecule has 0 saturated carbocycles. The number of carbonyl (C=O) groups is 1. The van der Waals surface area contributed by atoms with Gasteiger partial charge in [-0.3, -0.25) is 5.10 Å². The second-order valence-corrected chi connectivity index (χ2v) is 4.15. The van der Waals surface area contributed by atoms with Crippen molar-refractivity contribution in [3.05, 3.63) is 17.5 Å². The van der Waals surface area contributed by atoms with E-state index in [0.29, 0.717) is 0 Å². The topological polar surface area (TPSA) is 75.2 Å². The Labute approximate surface area is 87.4 Å². The summed E-state index contributed by atoms with van der Waals surface area (Å²) in [5, 5.41) is 15.4. The van der Waals surface area contributed by atoms with Crippen molar-refractivity contribution in [2.45, 2.75) is 25.2 Å². The molecular formula is C10H14N2O3. The van der Waals surface area contributed by atoms with Gasteiger partial charge in [-0.25, -0.2) is 4.79 Å². The molecule has 15 heavy (non-hydrogen) atoms. The first-order chi connectivity index (χ1) is 7.12. The van der Waals surface area contributed by atoms with Gasteiger partial charge in [-0.15, -0.1) is 0 Å². The molecule has 5 nitrogen and oxygen atoms in total. The van der Waals surface area contributed by atoms with Crippen LogP contribution in [0.2, 0.25) is 0 Å². The van der Waals surface area contributed by atoms with Gasteiger partial charge < -0.3 is 9.84 Å². The molecule has 1 aliphatic heterocycles. The van der Waals surface area contributed by atoms with Gasteiger partial charge in [0.15, 0.2) is 5.69 Å². The molecule has 0 bridgehead atoms. The van der Waals surface area contributed by atoms with Crippen molar-refractivity contribution in [2.75, 3.05) is 13.2 Å². The number of carboxylic acids is 1. The Morgan fingerprint density at radius 1 is 1.60 bits per heavy atom. The number of carboxylic acid groups (broad SMARTS) is 1. The predicted molar refractivity (Wildman–Crippen MR) is 53.0 cm³/mol. The number of aromatic carboxylic acids is 1. The summed E-state index contributed by atoms with van der Waals surface area (Å²) in [7, 11) is 0. The summed E-state index contributed by atoms with van der Waals surface area (Å²) >= 11 is 0. The van der Waals surface area contributed by atoms with Crippen LogP contribution >= 0.6 is 0 Å². The molecule has 2 rings (SSSR count). The van der Waals surface area contributed by atoms with Crippen molar-refractivity contribution >= 4 is 5.97 Å². The van der Waals surface area contributed by atoms with Crippen LogP contribution in [0.3, 0.4) is 0 Å². The van der Waals surface area contributed by atoms with Crippen LogP contribution in [-0.2, 0) is 10.2 Å². The summed E-state index contributed by atoms with van der Waals surface area (Å²) in [5.74, 6) is -0.992. The number of aromatic amines is 1. The molecule has 2 N–H and O–H groups in total. The molecule has 1 aromatic heterocycles. The lowest BCUT2D eigenvalue weighted by Crippen LogP contribution is -2.30. The van der Waals surface area contributed by atoms with Crippen LogP contribution in [0.1, 0.15) is 35.9 Å². The predicted octanol–water partition coefficient (Wildman–Crippen LogP) is 1.18. The Hall–Kier alpha value is -1.36. The number of H-pyrrole nitrogens is 1. The average Bonchev–Trinajstić information content (AvgIpc) is 2.68. The van der Waals surface area contributed by atoms with Gasteiger partial charge in [0.25, 0.3) is 0 Å². The number of ether oxygens (including phenoxy) is 1. The Balaban J connectivity index is 2.23. The number of hydrogen-bond donors (Lipinski definition) is 2. The average molecular weight is 210 g/mol. The maximum atomic E-state index is 10.7. The molecular weight excluding hydrogens is 196 g/mol. The third-order valence-corrected chi connectivity index (χ3v) is 3.04. The van der Waals surface area contributed by atoms with E-state index >= 15 is 0 Å². The third-order valence-electron chi connectivity index (χ3n) is 3.04. The fourth-order valence-corrected chi connectivity index (χ4v) is 1.83. The summed E-state index contributed by atoms with van der Waals surface area (Å²) < 4.78 is 5.29. The highest BCUT2D eigenvalue weighted by Gasteiger charge is 2.31. The fraction of sp³-hybridized carbons (Fsp3) is 0.600. The number of nitrogens with one attached hydrogen (secondary N) is 1. The van der Waals surface area contributed by atoms with Crippen LogP contribution in [0, 0.1) is 0 Å². The molecule has 0 unspecified atom stereocenters. The van der Waals surface area contributed by atoms with Gasteiger partial charge in [-0.1, -0.05) is 6.92 Å². The van der Waals surface area contributed by atoms with Crippen molar-refractivity contribution in [3.8, 4) is 0 Å². The summed E-state index contributed by atoms with van der Waals surface area (Å²) in [6.07, 6.45) is 1.79. The van der Waals surface area contributed by atoms with E-state index in [0.717, 1.165) is 31.7 Å². The van der Waals surface area contributed by atoms with Crippen LogP contribution in [0.25, 0.3) is 0 Å². The smallest absolute Gasteiger partial charge is 0.356 e. The van der Waals surface area contributed by atoms with E-state index < -0.39 is 5.97 Å². The van der Waals surface area contributed by atoms with Crippen LogP contribution in [0.15, 0.2) is 6.07 Å². The van der Waals surface area contributed by atoms with E-state index in [1.54, 1.807) is 6.07 Å². The van der Waals surface area contributed by atoms with Gasteiger partial charge in [0.2, 0.25) is 0 Å². The van der Waals surface area contributed by atoms with E-state index in [1.165, 1.54) is 0 Å². The van der Waals surface area contributed by atoms with Crippen LogP contribution < -0.4 is 0 Å². The molecule has 0 aliphatic carbocycles. The zero-order valence-corrected chi connectivity index (χ0v) is 8.62. The van der Waals surface area contributed by atoms with Crippen LogP contribution in [0.4, 0.5) is 0 Å². The van der Waals surface area contributed by atoms with E-state index in [2.05, 4.69) is 17.1 Å². The maximum Gasteiger partial charge on any atom is 0.356 e. The van der Waals surface area contributed by atoms with E-state index in [9.17, 15) is 4.79 Å². The quantitative estimate of drug-likeness (QED) is 0.768. The minimum absolute atomic E-state index is 0.0288. The van der Waals surface area contributed by atoms with E-state index in [4.69, 9.17) is 9.84 Å². The highest BCUT2D eigenvalue weighted by molar-refractivity contribution is 5.85. The largest absolute Gasteiger partial charge is 0.476 e. The SMILES string of the molecule is CC1(c2cc(C(=O)O)n[nH]2)CCOCC1. The van der Waals surface area contributed by atoms with Crippen molar-refractivity contribution < 1.29 is 14.6 Å². The molecule has 0 aromatic carbocycles. The molecule has 0 spiro atoms.